The lowest BCUT2D eigenvalue weighted by Gasteiger charge is -2.10. The second-order valence-corrected chi connectivity index (χ2v) is 5.37. The largest absolute Gasteiger partial charge is 0.352 e. The SMILES string of the molecule is Cn1cc(C(=O)NCCc2ccncc2)c2ccccc2c1=O. The number of nitrogens with one attached hydrogen (secondary N) is 1. The number of rotatable bonds is 4. The maximum atomic E-state index is 12.5. The molecule has 0 atom stereocenters. The molecule has 0 aliphatic carbocycles. The summed E-state index contributed by atoms with van der Waals surface area (Å²) in [6, 6.07) is 11.0. The van der Waals surface area contributed by atoms with Gasteiger partial charge < -0.3 is 9.88 Å². The standard InChI is InChI=1S/C18H17N3O2/c1-21-12-16(14-4-2-3-5-15(14)18(21)23)17(22)20-11-8-13-6-9-19-10-7-13/h2-7,9-10,12H,8,11H2,1H3,(H,20,22). The molecule has 1 N–H and O–H groups in total. The number of hydrogen-bond donors (Lipinski definition) is 1. The van der Waals surface area contributed by atoms with Crippen LogP contribution in [0.25, 0.3) is 10.8 Å². The Bertz CT molecular complexity index is 901. The fourth-order valence-corrected chi connectivity index (χ4v) is 2.56. The van der Waals surface area contributed by atoms with E-state index in [-0.39, 0.29) is 11.5 Å². The molecule has 116 valence electrons. The Kier molecular flexibility index (Phi) is 4.19. The molecule has 0 radical (unpaired) electrons. The van der Waals surface area contributed by atoms with Crippen LogP contribution in [-0.4, -0.2) is 22.0 Å². The predicted molar refractivity (Wildman–Crippen MR) is 89.5 cm³/mol. The van der Waals surface area contributed by atoms with Gasteiger partial charge in [-0.2, -0.15) is 0 Å². The van der Waals surface area contributed by atoms with E-state index < -0.39 is 0 Å². The maximum Gasteiger partial charge on any atom is 0.258 e. The molecule has 1 aromatic carbocycles. The Balaban J connectivity index is 1.81. The minimum atomic E-state index is -0.175. The number of hydrogen-bond acceptors (Lipinski definition) is 3. The maximum absolute atomic E-state index is 12.5. The van der Waals surface area contributed by atoms with Crippen molar-refractivity contribution in [2.45, 2.75) is 6.42 Å². The molecule has 2 aromatic heterocycles. The molecular weight excluding hydrogens is 290 g/mol. The number of fused-ring (bicyclic) bond motifs is 1. The molecule has 1 amide bonds. The number of benzene rings is 1. The molecule has 0 spiro atoms. The average Bonchev–Trinajstić information content (AvgIpc) is 2.59. The van der Waals surface area contributed by atoms with Crippen molar-refractivity contribution in [2.75, 3.05) is 6.54 Å². The van der Waals surface area contributed by atoms with Crippen LogP contribution < -0.4 is 10.9 Å². The Hall–Kier alpha value is -2.95. The number of aryl methyl sites for hydroxylation is 1. The second-order valence-electron chi connectivity index (χ2n) is 5.37. The topological polar surface area (TPSA) is 64.0 Å². The molecule has 3 rings (SSSR count). The lowest BCUT2D eigenvalue weighted by Crippen LogP contribution is -2.28. The summed E-state index contributed by atoms with van der Waals surface area (Å²) in [7, 11) is 1.66. The lowest BCUT2D eigenvalue weighted by atomic mass is 10.1. The Morgan fingerprint density at radius 3 is 2.57 bits per heavy atom. The van der Waals surface area contributed by atoms with Gasteiger partial charge >= 0.3 is 0 Å². The first-order valence-corrected chi connectivity index (χ1v) is 7.42. The highest BCUT2D eigenvalue weighted by Crippen LogP contribution is 2.14. The second kappa shape index (κ2) is 6.44. The minimum absolute atomic E-state index is 0.103. The van der Waals surface area contributed by atoms with Gasteiger partial charge in [0.1, 0.15) is 0 Å². The van der Waals surface area contributed by atoms with E-state index in [0.29, 0.717) is 22.9 Å². The van der Waals surface area contributed by atoms with E-state index in [4.69, 9.17) is 0 Å². The summed E-state index contributed by atoms with van der Waals surface area (Å²) in [4.78, 5) is 28.6. The van der Waals surface area contributed by atoms with E-state index in [1.807, 2.05) is 18.2 Å². The predicted octanol–water partition coefficient (Wildman–Crippen LogP) is 1.91. The fourth-order valence-electron chi connectivity index (χ4n) is 2.56. The van der Waals surface area contributed by atoms with Crippen LogP contribution in [0.2, 0.25) is 0 Å². The van der Waals surface area contributed by atoms with Crippen LogP contribution in [-0.2, 0) is 13.5 Å². The van der Waals surface area contributed by atoms with Crippen LogP contribution >= 0.6 is 0 Å². The summed E-state index contributed by atoms with van der Waals surface area (Å²) >= 11 is 0. The van der Waals surface area contributed by atoms with Gasteiger partial charge in [-0.15, -0.1) is 0 Å². The molecule has 5 nitrogen and oxygen atoms in total. The number of carbonyl (C=O) groups is 1. The number of nitrogens with zero attached hydrogens (tertiary/aromatic N) is 2. The van der Waals surface area contributed by atoms with Gasteiger partial charge in [0.2, 0.25) is 0 Å². The summed E-state index contributed by atoms with van der Waals surface area (Å²) in [5, 5.41) is 4.14. The van der Waals surface area contributed by atoms with E-state index in [1.54, 1.807) is 43.8 Å². The van der Waals surface area contributed by atoms with Gasteiger partial charge in [0.25, 0.3) is 11.5 Å². The van der Waals surface area contributed by atoms with Gasteiger partial charge in [-0.1, -0.05) is 18.2 Å². The molecule has 0 saturated carbocycles. The van der Waals surface area contributed by atoms with E-state index in [1.165, 1.54) is 4.57 Å². The van der Waals surface area contributed by atoms with Crippen molar-refractivity contribution in [2.24, 2.45) is 7.05 Å². The molecule has 2 heterocycles. The molecule has 0 unspecified atom stereocenters. The molecule has 3 aromatic rings. The zero-order valence-electron chi connectivity index (χ0n) is 12.8. The first-order chi connectivity index (χ1) is 11.2. The highest BCUT2D eigenvalue weighted by molar-refractivity contribution is 6.06. The molecule has 0 fully saturated rings. The van der Waals surface area contributed by atoms with Crippen molar-refractivity contribution in [1.29, 1.82) is 0 Å². The Labute approximate surface area is 133 Å². The van der Waals surface area contributed by atoms with Crippen LogP contribution in [0.1, 0.15) is 15.9 Å². The highest BCUT2D eigenvalue weighted by atomic mass is 16.2. The van der Waals surface area contributed by atoms with E-state index in [0.717, 1.165) is 12.0 Å². The fraction of sp³-hybridized carbons (Fsp3) is 0.167. The third kappa shape index (κ3) is 3.13. The summed E-state index contributed by atoms with van der Waals surface area (Å²) in [6.07, 6.45) is 5.79. The first kappa shape index (κ1) is 15.0. The van der Waals surface area contributed by atoms with Crippen molar-refractivity contribution in [3.8, 4) is 0 Å². The van der Waals surface area contributed by atoms with Crippen LogP contribution in [0.15, 0.2) is 59.8 Å². The van der Waals surface area contributed by atoms with Gasteiger partial charge in [0.15, 0.2) is 0 Å². The molecule has 0 aliphatic rings. The van der Waals surface area contributed by atoms with Gasteiger partial charge in [0, 0.05) is 43.0 Å². The number of aromatic nitrogens is 2. The first-order valence-electron chi connectivity index (χ1n) is 7.42. The van der Waals surface area contributed by atoms with Crippen LogP contribution in [0.4, 0.5) is 0 Å². The van der Waals surface area contributed by atoms with Gasteiger partial charge in [-0.3, -0.25) is 14.6 Å². The molecule has 0 saturated heterocycles. The zero-order chi connectivity index (χ0) is 16.2. The lowest BCUT2D eigenvalue weighted by molar-refractivity contribution is 0.0955. The third-order valence-corrected chi connectivity index (χ3v) is 3.78. The molecule has 23 heavy (non-hydrogen) atoms. The Morgan fingerprint density at radius 2 is 1.83 bits per heavy atom. The molecule has 5 heteroatoms. The third-order valence-electron chi connectivity index (χ3n) is 3.78. The zero-order valence-corrected chi connectivity index (χ0v) is 12.8. The smallest absolute Gasteiger partial charge is 0.258 e. The summed E-state index contributed by atoms with van der Waals surface area (Å²) in [6.45, 7) is 0.528. The van der Waals surface area contributed by atoms with Gasteiger partial charge in [-0.05, 0) is 30.2 Å². The summed E-state index contributed by atoms with van der Waals surface area (Å²) in [5.41, 5.74) is 1.52. The number of pyridine rings is 2. The number of carbonyl (C=O) groups excluding carboxylic acids is 1. The van der Waals surface area contributed by atoms with Crippen molar-refractivity contribution >= 4 is 16.7 Å². The molecular formula is C18H17N3O2. The Morgan fingerprint density at radius 1 is 1.13 bits per heavy atom. The van der Waals surface area contributed by atoms with Gasteiger partial charge in [-0.25, -0.2) is 0 Å². The normalized spacial score (nSPS) is 10.7. The van der Waals surface area contributed by atoms with Crippen molar-refractivity contribution < 1.29 is 4.79 Å². The highest BCUT2D eigenvalue weighted by Gasteiger charge is 2.13. The van der Waals surface area contributed by atoms with Crippen LogP contribution in [0.3, 0.4) is 0 Å². The van der Waals surface area contributed by atoms with Crippen LogP contribution in [0.5, 0.6) is 0 Å². The van der Waals surface area contributed by atoms with Crippen LogP contribution in [0, 0.1) is 0 Å². The van der Waals surface area contributed by atoms with Crippen molar-refractivity contribution in [3.63, 3.8) is 0 Å². The van der Waals surface area contributed by atoms with E-state index >= 15 is 0 Å². The van der Waals surface area contributed by atoms with Gasteiger partial charge in [0.05, 0.1) is 5.56 Å². The number of amides is 1. The average molecular weight is 307 g/mol. The monoisotopic (exact) mass is 307 g/mol. The molecule has 0 bridgehead atoms. The summed E-state index contributed by atoms with van der Waals surface area (Å²) in [5.74, 6) is -0.175. The van der Waals surface area contributed by atoms with Crippen molar-refractivity contribution in [1.82, 2.24) is 14.9 Å². The van der Waals surface area contributed by atoms with E-state index in [9.17, 15) is 9.59 Å². The van der Waals surface area contributed by atoms with E-state index in [2.05, 4.69) is 10.3 Å². The molecule has 0 aliphatic heterocycles. The van der Waals surface area contributed by atoms with Crippen molar-refractivity contribution in [3.05, 3.63) is 76.5 Å². The summed E-state index contributed by atoms with van der Waals surface area (Å²) < 4.78 is 1.44. The minimum Gasteiger partial charge on any atom is -0.352 e. The quantitative estimate of drug-likeness (QED) is 0.801.